The van der Waals surface area contributed by atoms with Crippen LogP contribution in [0.1, 0.15) is 18.1 Å². The van der Waals surface area contributed by atoms with Crippen LogP contribution in [0.15, 0.2) is 36.7 Å². The van der Waals surface area contributed by atoms with Crippen LogP contribution >= 0.6 is 0 Å². The lowest BCUT2D eigenvalue weighted by molar-refractivity contribution is -0.119. The largest absolute Gasteiger partial charge is 0.398 e. The molecular formula is C15H21N5O. The maximum atomic E-state index is 11.3. The monoisotopic (exact) mass is 287 g/mol. The summed E-state index contributed by atoms with van der Waals surface area (Å²) in [6.45, 7) is 4.22. The van der Waals surface area contributed by atoms with E-state index < -0.39 is 0 Å². The molecule has 2 aromatic rings. The Balaban J connectivity index is 2.10. The van der Waals surface area contributed by atoms with E-state index in [0.717, 1.165) is 23.4 Å². The molecule has 0 aliphatic heterocycles. The Labute approximate surface area is 124 Å². The van der Waals surface area contributed by atoms with E-state index in [0.29, 0.717) is 13.1 Å². The minimum Gasteiger partial charge on any atom is -0.398 e. The number of amides is 1. The first-order chi connectivity index (χ1) is 10.1. The van der Waals surface area contributed by atoms with E-state index in [2.05, 4.69) is 5.10 Å². The van der Waals surface area contributed by atoms with Crippen molar-refractivity contribution in [2.45, 2.75) is 26.6 Å². The van der Waals surface area contributed by atoms with Crippen molar-refractivity contribution in [1.29, 1.82) is 0 Å². The van der Waals surface area contributed by atoms with Gasteiger partial charge in [0.05, 0.1) is 12.7 Å². The van der Waals surface area contributed by atoms with E-state index in [1.165, 1.54) is 0 Å². The number of carbonyl (C=O) groups excluding carboxylic acids is 1. The van der Waals surface area contributed by atoms with Crippen LogP contribution in [0.3, 0.4) is 0 Å². The van der Waals surface area contributed by atoms with E-state index in [1.54, 1.807) is 0 Å². The predicted octanol–water partition coefficient (Wildman–Crippen LogP) is 0.973. The number of nitrogens with two attached hydrogens (primary N) is 2. The molecule has 0 bridgehead atoms. The second kappa shape index (κ2) is 6.90. The standard InChI is InChI=1S/C15H21N5O/c1-2-20-9-12(7-18-20)8-19(11-15(17)21)10-13-5-3-4-6-14(13)16/h3-7,9H,2,8,10-11,16H2,1H3,(H2,17,21). The number of rotatable bonds is 7. The molecule has 1 aromatic heterocycles. The number of nitrogens with zero attached hydrogens (tertiary/aromatic N) is 3. The summed E-state index contributed by atoms with van der Waals surface area (Å²) in [4.78, 5) is 13.2. The highest BCUT2D eigenvalue weighted by atomic mass is 16.1. The van der Waals surface area contributed by atoms with Crippen LogP contribution in [0.5, 0.6) is 0 Å². The summed E-state index contributed by atoms with van der Waals surface area (Å²) in [5.74, 6) is -0.354. The third kappa shape index (κ3) is 4.32. The van der Waals surface area contributed by atoms with Crippen molar-refractivity contribution in [1.82, 2.24) is 14.7 Å². The molecule has 1 amide bonds. The first-order valence-corrected chi connectivity index (χ1v) is 6.94. The van der Waals surface area contributed by atoms with Gasteiger partial charge in [-0.2, -0.15) is 5.10 Å². The minimum absolute atomic E-state index is 0.186. The Kier molecular flexibility index (Phi) is 4.94. The van der Waals surface area contributed by atoms with Crippen molar-refractivity contribution in [3.63, 3.8) is 0 Å². The number of primary amides is 1. The second-order valence-electron chi connectivity index (χ2n) is 5.01. The van der Waals surface area contributed by atoms with Crippen LogP contribution in [0, 0.1) is 0 Å². The number of carbonyl (C=O) groups is 1. The quantitative estimate of drug-likeness (QED) is 0.743. The zero-order valence-electron chi connectivity index (χ0n) is 12.2. The van der Waals surface area contributed by atoms with E-state index in [4.69, 9.17) is 11.5 Å². The molecule has 0 saturated carbocycles. The van der Waals surface area contributed by atoms with Crippen molar-refractivity contribution < 1.29 is 4.79 Å². The summed E-state index contributed by atoms with van der Waals surface area (Å²) in [6.07, 6.45) is 3.79. The lowest BCUT2D eigenvalue weighted by atomic mass is 10.1. The van der Waals surface area contributed by atoms with Crippen LogP contribution in [-0.4, -0.2) is 27.1 Å². The van der Waals surface area contributed by atoms with Gasteiger partial charge in [0, 0.05) is 37.1 Å². The number of hydrogen-bond donors (Lipinski definition) is 2. The highest BCUT2D eigenvalue weighted by molar-refractivity contribution is 5.75. The molecule has 0 aliphatic carbocycles. The minimum atomic E-state index is -0.354. The first kappa shape index (κ1) is 15.1. The maximum absolute atomic E-state index is 11.3. The van der Waals surface area contributed by atoms with Crippen LogP contribution in [0.4, 0.5) is 5.69 Å². The summed E-state index contributed by atoms with van der Waals surface area (Å²) in [7, 11) is 0. The fourth-order valence-corrected chi connectivity index (χ4v) is 2.23. The number of hydrogen-bond acceptors (Lipinski definition) is 4. The number of benzene rings is 1. The second-order valence-corrected chi connectivity index (χ2v) is 5.01. The number of aryl methyl sites for hydroxylation is 1. The fraction of sp³-hybridized carbons (Fsp3) is 0.333. The molecule has 112 valence electrons. The van der Waals surface area contributed by atoms with E-state index >= 15 is 0 Å². The lowest BCUT2D eigenvalue weighted by Gasteiger charge is -2.20. The van der Waals surface area contributed by atoms with Gasteiger partial charge in [0.2, 0.25) is 5.91 Å². The Morgan fingerprint density at radius 1 is 1.33 bits per heavy atom. The van der Waals surface area contributed by atoms with Crippen molar-refractivity contribution in [3.05, 3.63) is 47.8 Å². The SMILES string of the molecule is CCn1cc(CN(CC(N)=O)Cc2ccccc2N)cn1. The highest BCUT2D eigenvalue weighted by Crippen LogP contribution is 2.15. The lowest BCUT2D eigenvalue weighted by Crippen LogP contribution is -2.33. The molecule has 0 unspecified atom stereocenters. The number of anilines is 1. The molecule has 0 spiro atoms. The van der Waals surface area contributed by atoms with Gasteiger partial charge in [0.15, 0.2) is 0 Å². The molecule has 2 rings (SSSR count). The average Bonchev–Trinajstić information content (AvgIpc) is 2.88. The number of para-hydroxylation sites is 1. The Bertz CT molecular complexity index is 608. The van der Waals surface area contributed by atoms with Gasteiger partial charge in [0.1, 0.15) is 0 Å². The summed E-state index contributed by atoms with van der Waals surface area (Å²) >= 11 is 0. The van der Waals surface area contributed by atoms with Crippen molar-refractivity contribution in [2.24, 2.45) is 5.73 Å². The van der Waals surface area contributed by atoms with Gasteiger partial charge in [-0.05, 0) is 18.6 Å². The average molecular weight is 287 g/mol. The summed E-state index contributed by atoms with van der Waals surface area (Å²) in [5.41, 5.74) is 14.1. The molecule has 6 heteroatoms. The molecule has 0 atom stereocenters. The topological polar surface area (TPSA) is 90.2 Å². The molecule has 1 heterocycles. The zero-order valence-corrected chi connectivity index (χ0v) is 12.2. The molecule has 0 fully saturated rings. The molecule has 21 heavy (non-hydrogen) atoms. The molecule has 6 nitrogen and oxygen atoms in total. The number of nitrogen functional groups attached to an aromatic ring is 1. The first-order valence-electron chi connectivity index (χ1n) is 6.94. The van der Waals surface area contributed by atoms with Crippen molar-refractivity contribution in [2.75, 3.05) is 12.3 Å². The van der Waals surface area contributed by atoms with Crippen molar-refractivity contribution in [3.8, 4) is 0 Å². The normalized spacial score (nSPS) is 11.0. The summed E-state index contributed by atoms with van der Waals surface area (Å²) < 4.78 is 1.86. The third-order valence-electron chi connectivity index (χ3n) is 3.25. The van der Waals surface area contributed by atoms with Gasteiger partial charge >= 0.3 is 0 Å². The van der Waals surface area contributed by atoms with Gasteiger partial charge in [-0.1, -0.05) is 18.2 Å². The van der Waals surface area contributed by atoms with Crippen LogP contribution < -0.4 is 11.5 Å². The van der Waals surface area contributed by atoms with Crippen LogP contribution in [-0.2, 0) is 24.4 Å². The Hall–Kier alpha value is -2.34. The van der Waals surface area contributed by atoms with Gasteiger partial charge < -0.3 is 11.5 Å². The Morgan fingerprint density at radius 3 is 2.71 bits per heavy atom. The Morgan fingerprint density at radius 2 is 2.10 bits per heavy atom. The van der Waals surface area contributed by atoms with Gasteiger partial charge in [-0.15, -0.1) is 0 Å². The van der Waals surface area contributed by atoms with Gasteiger partial charge in [-0.3, -0.25) is 14.4 Å². The summed E-state index contributed by atoms with van der Waals surface area (Å²) in [5, 5.41) is 4.24. The third-order valence-corrected chi connectivity index (χ3v) is 3.25. The highest BCUT2D eigenvalue weighted by Gasteiger charge is 2.12. The van der Waals surface area contributed by atoms with E-state index in [-0.39, 0.29) is 12.5 Å². The smallest absolute Gasteiger partial charge is 0.231 e. The van der Waals surface area contributed by atoms with Crippen LogP contribution in [0.25, 0.3) is 0 Å². The summed E-state index contributed by atoms with van der Waals surface area (Å²) in [6, 6.07) is 7.64. The molecule has 4 N–H and O–H groups in total. The molecule has 1 aromatic carbocycles. The van der Waals surface area contributed by atoms with Crippen LogP contribution in [0.2, 0.25) is 0 Å². The van der Waals surface area contributed by atoms with E-state index in [9.17, 15) is 4.79 Å². The number of aromatic nitrogens is 2. The van der Waals surface area contributed by atoms with Gasteiger partial charge in [-0.25, -0.2) is 0 Å². The fourth-order valence-electron chi connectivity index (χ4n) is 2.23. The maximum Gasteiger partial charge on any atom is 0.231 e. The predicted molar refractivity (Wildman–Crippen MR) is 82.1 cm³/mol. The molecule has 0 saturated heterocycles. The van der Waals surface area contributed by atoms with Crippen molar-refractivity contribution >= 4 is 11.6 Å². The van der Waals surface area contributed by atoms with Gasteiger partial charge in [0.25, 0.3) is 0 Å². The van der Waals surface area contributed by atoms with E-state index in [1.807, 2.05) is 53.2 Å². The molecule has 0 aliphatic rings. The zero-order chi connectivity index (χ0) is 15.2. The molecular weight excluding hydrogens is 266 g/mol. The molecule has 0 radical (unpaired) electrons.